The van der Waals surface area contributed by atoms with Gasteiger partial charge in [-0.3, -0.25) is 4.98 Å². The Morgan fingerprint density at radius 2 is 2.06 bits per heavy atom. The van der Waals surface area contributed by atoms with E-state index in [0.29, 0.717) is 6.42 Å². The number of hydrogen-bond donors (Lipinski definition) is 1. The molecule has 1 aliphatic carbocycles. The number of aromatic nitrogens is 1. The highest BCUT2D eigenvalue weighted by atomic mass is 16.3. The number of pyridine rings is 1. The molecule has 17 heavy (non-hydrogen) atoms. The Balaban J connectivity index is 2.05. The summed E-state index contributed by atoms with van der Waals surface area (Å²) < 4.78 is 0. The van der Waals surface area contributed by atoms with Crippen molar-refractivity contribution in [1.82, 2.24) is 4.98 Å². The number of nitrogens with zero attached hydrogens (tertiary/aromatic N) is 1. The van der Waals surface area contributed by atoms with Crippen LogP contribution >= 0.6 is 0 Å². The van der Waals surface area contributed by atoms with E-state index in [-0.39, 0.29) is 5.41 Å². The molecule has 1 aromatic rings. The lowest BCUT2D eigenvalue weighted by molar-refractivity contribution is 0.0369. The fraction of sp³-hybridized carbons (Fsp3) is 0.667. The molecule has 1 unspecified atom stereocenters. The number of aryl methyl sites for hydroxylation is 1. The summed E-state index contributed by atoms with van der Waals surface area (Å²) in [6.07, 6.45) is 6.54. The van der Waals surface area contributed by atoms with Gasteiger partial charge in [-0.2, -0.15) is 0 Å². The summed E-state index contributed by atoms with van der Waals surface area (Å²) >= 11 is 0. The van der Waals surface area contributed by atoms with Crippen molar-refractivity contribution in [2.75, 3.05) is 0 Å². The predicted molar refractivity (Wildman–Crippen MR) is 69.9 cm³/mol. The van der Waals surface area contributed by atoms with Gasteiger partial charge < -0.3 is 5.11 Å². The van der Waals surface area contributed by atoms with Crippen LogP contribution in [0.3, 0.4) is 0 Å². The molecule has 1 N–H and O–H groups in total. The molecule has 0 aliphatic heterocycles. The van der Waals surface area contributed by atoms with Crippen molar-refractivity contribution in [3.8, 4) is 0 Å². The Kier molecular flexibility index (Phi) is 3.26. The van der Waals surface area contributed by atoms with E-state index in [1.54, 1.807) is 0 Å². The highest BCUT2D eigenvalue weighted by Gasteiger charge is 2.41. The Morgan fingerprint density at radius 1 is 1.29 bits per heavy atom. The van der Waals surface area contributed by atoms with Crippen molar-refractivity contribution < 1.29 is 5.11 Å². The fourth-order valence-corrected chi connectivity index (χ4v) is 2.90. The first kappa shape index (κ1) is 12.6. The molecule has 94 valence electrons. The van der Waals surface area contributed by atoms with E-state index < -0.39 is 5.60 Å². The van der Waals surface area contributed by atoms with Crippen molar-refractivity contribution >= 4 is 0 Å². The minimum absolute atomic E-state index is 0.276. The molecule has 1 aromatic heterocycles. The number of hydrogen-bond acceptors (Lipinski definition) is 2. The van der Waals surface area contributed by atoms with E-state index in [2.05, 4.69) is 37.9 Å². The van der Waals surface area contributed by atoms with E-state index in [4.69, 9.17) is 0 Å². The molecular formula is C15H23NO. The molecule has 1 saturated carbocycles. The van der Waals surface area contributed by atoms with Crippen molar-refractivity contribution in [3.63, 3.8) is 0 Å². The van der Waals surface area contributed by atoms with Crippen molar-refractivity contribution in [2.24, 2.45) is 5.41 Å². The normalized spacial score (nSPS) is 27.3. The van der Waals surface area contributed by atoms with Gasteiger partial charge in [-0.25, -0.2) is 0 Å². The van der Waals surface area contributed by atoms with Crippen LogP contribution in [0, 0.1) is 5.41 Å². The van der Waals surface area contributed by atoms with Crippen LogP contribution in [-0.4, -0.2) is 15.7 Å². The van der Waals surface area contributed by atoms with Gasteiger partial charge in [0.1, 0.15) is 0 Å². The van der Waals surface area contributed by atoms with Crippen LogP contribution in [0.25, 0.3) is 0 Å². The molecule has 0 bridgehead atoms. The van der Waals surface area contributed by atoms with Crippen LogP contribution in [0.1, 0.15) is 51.3 Å². The monoisotopic (exact) mass is 233 g/mol. The molecule has 0 saturated heterocycles. The van der Waals surface area contributed by atoms with Crippen molar-refractivity contribution in [3.05, 3.63) is 29.6 Å². The van der Waals surface area contributed by atoms with Gasteiger partial charge in [0, 0.05) is 18.3 Å². The Morgan fingerprint density at radius 3 is 2.53 bits per heavy atom. The molecule has 2 heteroatoms. The average Bonchev–Trinajstić information content (AvgIpc) is 2.54. The van der Waals surface area contributed by atoms with E-state index >= 15 is 0 Å². The van der Waals surface area contributed by atoms with Crippen molar-refractivity contribution in [1.29, 1.82) is 0 Å². The molecule has 1 aliphatic rings. The fourth-order valence-electron chi connectivity index (χ4n) is 2.90. The Bertz CT molecular complexity index is 382. The second-order valence-corrected chi connectivity index (χ2v) is 6.25. The summed E-state index contributed by atoms with van der Waals surface area (Å²) in [5.74, 6) is 0. The molecule has 0 aromatic carbocycles. The summed E-state index contributed by atoms with van der Waals surface area (Å²) in [7, 11) is 0. The highest BCUT2D eigenvalue weighted by molar-refractivity contribution is 5.16. The van der Waals surface area contributed by atoms with Gasteiger partial charge in [0.25, 0.3) is 0 Å². The van der Waals surface area contributed by atoms with Gasteiger partial charge in [-0.05, 0) is 42.7 Å². The summed E-state index contributed by atoms with van der Waals surface area (Å²) in [6.45, 7) is 6.60. The third-order valence-corrected chi connectivity index (χ3v) is 3.88. The largest absolute Gasteiger partial charge is 0.389 e. The summed E-state index contributed by atoms with van der Waals surface area (Å²) in [5, 5.41) is 10.6. The zero-order chi connectivity index (χ0) is 12.5. The van der Waals surface area contributed by atoms with E-state index in [1.165, 1.54) is 5.56 Å². The standard InChI is InChI=1S/C15H23NO/c1-4-12-5-6-13(16-10-12)9-15(17)8-7-14(2,3)11-15/h5-6,10,17H,4,7-9,11H2,1-3H3. The van der Waals surface area contributed by atoms with Crippen LogP contribution in [-0.2, 0) is 12.8 Å². The molecule has 1 atom stereocenters. The SMILES string of the molecule is CCc1ccc(CC2(O)CCC(C)(C)C2)nc1. The molecule has 1 heterocycles. The first-order valence-electron chi connectivity index (χ1n) is 6.59. The topological polar surface area (TPSA) is 33.1 Å². The number of rotatable bonds is 3. The number of aliphatic hydroxyl groups is 1. The molecular weight excluding hydrogens is 210 g/mol. The summed E-state index contributed by atoms with van der Waals surface area (Å²) in [5.41, 5.74) is 2.01. The maximum absolute atomic E-state index is 10.6. The predicted octanol–water partition coefficient (Wildman–Crippen LogP) is 3.13. The lowest BCUT2D eigenvalue weighted by Crippen LogP contribution is -2.29. The third-order valence-electron chi connectivity index (χ3n) is 3.88. The van der Waals surface area contributed by atoms with Crippen LogP contribution in [0.15, 0.2) is 18.3 Å². The minimum Gasteiger partial charge on any atom is -0.389 e. The maximum Gasteiger partial charge on any atom is 0.0708 e. The molecule has 2 rings (SSSR count). The van der Waals surface area contributed by atoms with E-state index in [0.717, 1.165) is 31.4 Å². The van der Waals surface area contributed by atoms with Gasteiger partial charge >= 0.3 is 0 Å². The zero-order valence-corrected chi connectivity index (χ0v) is 11.2. The Labute approximate surface area is 104 Å². The van der Waals surface area contributed by atoms with Gasteiger partial charge in [0.2, 0.25) is 0 Å². The molecule has 0 radical (unpaired) electrons. The molecule has 0 spiro atoms. The molecule has 1 fully saturated rings. The zero-order valence-electron chi connectivity index (χ0n) is 11.2. The molecule has 0 amide bonds. The average molecular weight is 233 g/mol. The van der Waals surface area contributed by atoms with Crippen molar-refractivity contribution in [2.45, 2.75) is 58.5 Å². The quantitative estimate of drug-likeness (QED) is 0.870. The van der Waals surface area contributed by atoms with Gasteiger partial charge in [0.05, 0.1) is 5.60 Å². The Hall–Kier alpha value is -0.890. The van der Waals surface area contributed by atoms with E-state index in [1.807, 2.05) is 6.20 Å². The second-order valence-electron chi connectivity index (χ2n) is 6.25. The third kappa shape index (κ3) is 3.06. The summed E-state index contributed by atoms with van der Waals surface area (Å²) in [6, 6.07) is 4.17. The van der Waals surface area contributed by atoms with Crippen LogP contribution in [0.5, 0.6) is 0 Å². The first-order valence-corrected chi connectivity index (χ1v) is 6.59. The van der Waals surface area contributed by atoms with Gasteiger partial charge in [-0.1, -0.05) is 26.8 Å². The highest BCUT2D eigenvalue weighted by Crippen LogP contribution is 2.44. The van der Waals surface area contributed by atoms with Gasteiger partial charge in [-0.15, -0.1) is 0 Å². The van der Waals surface area contributed by atoms with Gasteiger partial charge in [0.15, 0.2) is 0 Å². The second kappa shape index (κ2) is 4.41. The lowest BCUT2D eigenvalue weighted by atomic mass is 9.87. The first-order chi connectivity index (χ1) is 7.92. The smallest absolute Gasteiger partial charge is 0.0708 e. The van der Waals surface area contributed by atoms with Crippen LogP contribution < -0.4 is 0 Å². The molecule has 2 nitrogen and oxygen atoms in total. The van der Waals surface area contributed by atoms with E-state index in [9.17, 15) is 5.11 Å². The lowest BCUT2D eigenvalue weighted by Gasteiger charge is -2.24. The van der Waals surface area contributed by atoms with Crippen LogP contribution in [0.2, 0.25) is 0 Å². The minimum atomic E-state index is -0.537. The van der Waals surface area contributed by atoms with Crippen LogP contribution in [0.4, 0.5) is 0 Å². The summed E-state index contributed by atoms with van der Waals surface area (Å²) in [4.78, 5) is 4.45. The maximum atomic E-state index is 10.6.